The van der Waals surface area contributed by atoms with Gasteiger partial charge < -0.3 is 10.2 Å². The van der Waals surface area contributed by atoms with E-state index >= 15 is 0 Å². The fourth-order valence-electron chi connectivity index (χ4n) is 3.12. The number of carbonyl (C=O) groups is 1. The van der Waals surface area contributed by atoms with Crippen molar-refractivity contribution in [1.82, 2.24) is 10.6 Å². The molecule has 0 spiro atoms. The number of rotatable bonds is 3. The fourth-order valence-corrected chi connectivity index (χ4v) is 3.12. The van der Waals surface area contributed by atoms with E-state index in [1.54, 1.807) is 0 Å². The van der Waals surface area contributed by atoms with Crippen LogP contribution in [0.3, 0.4) is 0 Å². The number of benzene rings is 1. The van der Waals surface area contributed by atoms with Crippen molar-refractivity contribution in [3.63, 3.8) is 0 Å². The smallest absolute Gasteiger partial charge is 0.262 e. The normalized spacial score (nSPS) is 25.2. The third-order valence-electron chi connectivity index (χ3n) is 4.39. The third kappa shape index (κ3) is 3.55. The maximum absolute atomic E-state index is 13.1. The second kappa shape index (κ2) is 6.20. The van der Waals surface area contributed by atoms with Crippen LogP contribution in [-0.2, 0) is 4.79 Å². The zero-order chi connectivity index (χ0) is 15.6. The highest BCUT2D eigenvalue weighted by Crippen LogP contribution is 2.25. The molecule has 6 heteroatoms. The van der Waals surface area contributed by atoms with Gasteiger partial charge in [-0.1, -0.05) is 18.2 Å². The monoisotopic (exact) mass is 309 g/mol. The van der Waals surface area contributed by atoms with Crippen molar-refractivity contribution in [3.8, 4) is 0 Å². The molecule has 2 aliphatic rings. The fraction of sp³-hybridized carbons (Fsp3) is 0.562. The molecule has 1 atom stereocenters. The van der Waals surface area contributed by atoms with E-state index in [-0.39, 0.29) is 11.9 Å². The van der Waals surface area contributed by atoms with Gasteiger partial charge in [0.25, 0.3) is 5.92 Å². The Morgan fingerprint density at radius 1 is 1.23 bits per heavy atom. The van der Waals surface area contributed by atoms with E-state index < -0.39 is 24.9 Å². The Morgan fingerprint density at radius 2 is 1.91 bits per heavy atom. The third-order valence-corrected chi connectivity index (χ3v) is 4.39. The molecule has 0 aliphatic carbocycles. The van der Waals surface area contributed by atoms with Crippen molar-refractivity contribution in [2.45, 2.75) is 37.3 Å². The number of carbonyl (C=O) groups excluding carboxylic acids is 1. The van der Waals surface area contributed by atoms with Gasteiger partial charge in [0.15, 0.2) is 0 Å². The number of hydrogen-bond acceptors (Lipinski definition) is 3. The van der Waals surface area contributed by atoms with Gasteiger partial charge in [0.1, 0.15) is 0 Å². The average Bonchev–Trinajstić information content (AvgIpc) is 2.89. The van der Waals surface area contributed by atoms with Crippen molar-refractivity contribution < 1.29 is 13.6 Å². The highest BCUT2D eigenvalue weighted by molar-refractivity contribution is 5.82. The Kier molecular flexibility index (Phi) is 4.29. The second-order valence-electron chi connectivity index (χ2n) is 6.10. The maximum Gasteiger partial charge on any atom is 0.262 e. The minimum Gasteiger partial charge on any atom is -0.371 e. The van der Waals surface area contributed by atoms with Gasteiger partial charge in [-0.2, -0.15) is 0 Å². The summed E-state index contributed by atoms with van der Waals surface area (Å²) in [6.07, 6.45) is 1.27. The topological polar surface area (TPSA) is 44.4 Å². The van der Waals surface area contributed by atoms with Crippen LogP contribution < -0.4 is 15.5 Å². The maximum atomic E-state index is 13.1. The number of para-hydroxylation sites is 1. The predicted molar refractivity (Wildman–Crippen MR) is 81.2 cm³/mol. The van der Waals surface area contributed by atoms with E-state index in [0.29, 0.717) is 0 Å². The molecule has 1 aromatic rings. The molecule has 1 aromatic carbocycles. The molecule has 0 aromatic heterocycles. The first-order valence-electron chi connectivity index (χ1n) is 7.75. The predicted octanol–water partition coefficient (Wildman–Crippen LogP) is 1.77. The van der Waals surface area contributed by atoms with Crippen molar-refractivity contribution in [2.24, 2.45) is 0 Å². The molecule has 2 aliphatic heterocycles. The zero-order valence-electron chi connectivity index (χ0n) is 12.4. The number of amides is 1. The van der Waals surface area contributed by atoms with Crippen LogP contribution in [0.1, 0.15) is 19.3 Å². The first kappa shape index (κ1) is 15.2. The summed E-state index contributed by atoms with van der Waals surface area (Å²) in [6.45, 7) is 1.32. The van der Waals surface area contributed by atoms with Gasteiger partial charge >= 0.3 is 0 Å². The van der Waals surface area contributed by atoms with Crippen molar-refractivity contribution >= 4 is 11.6 Å². The number of nitrogens with one attached hydrogen (secondary N) is 2. The van der Waals surface area contributed by atoms with Crippen LogP contribution >= 0.6 is 0 Å². The Labute approximate surface area is 128 Å². The number of anilines is 1. The molecular formula is C16H21F2N3O. The summed E-state index contributed by atoms with van der Waals surface area (Å²) in [5.74, 6) is -3.06. The van der Waals surface area contributed by atoms with Gasteiger partial charge in [-0.25, -0.2) is 8.78 Å². The van der Waals surface area contributed by atoms with E-state index in [2.05, 4.69) is 27.7 Å². The first-order chi connectivity index (χ1) is 10.5. The molecule has 2 saturated heterocycles. The molecule has 22 heavy (non-hydrogen) atoms. The van der Waals surface area contributed by atoms with E-state index in [1.165, 1.54) is 5.69 Å². The van der Waals surface area contributed by atoms with Crippen LogP contribution in [0.25, 0.3) is 0 Å². The van der Waals surface area contributed by atoms with Crippen molar-refractivity contribution in [2.75, 3.05) is 24.5 Å². The quantitative estimate of drug-likeness (QED) is 0.894. The lowest BCUT2D eigenvalue weighted by molar-refractivity contribution is -0.124. The summed E-state index contributed by atoms with van der Waals surface area (Å²) >= 11 is 0. The van der Waals surface area contributed by atoms with Gasteiger partial charge in [0, 0.05) is 31.2 Å². The molecule has 2 N–H and O–H groups in total. The summed E-state index contributed by atoms with van der Waals surface area (Å²) in [7, 11) is 0. The Morgan fingerprint density at radius 3 is 2.50 bits per heavy atom. The highest BCUT2D eigenvalue weighted by atomic mass is 19.3. The molecular weight excluding hydrogens is 288 g/mol. The summed E-state index contributed by atoms with van der Waals surface area (Å²) in [5.41, 5.74) is 1.18. The van der Waals surface area contributed by atoms with Crippen LogP contribution in [0.4, 0.5) is 14.5 Å². The molecule has 2 heterocycles. The number of alkyl halides is 2. The van der Waals surface area contributed by atoms with Gasteiger partial charge in [-0.3, -0.25) is 10.1 Å². The van der Waals surface area contributed by atoms with Gasteiger partial charge in [-0.05, 0) is 25.0 Å². The van der Waals surface area contributed by atoms with E-state index in [4.69, 9.17) is 0 Å². The molecule has 1 amide bonds. The molecule has 4 nitrogen and oxygen atoms in total. The highest BCUT2D eigenvalue weighted by Gasteiger charge is 2.42. The molecule has 3 rings (SSSR count). The first-order valence-corrected chi connectivity index (χ1v) is 7.75. The standard InChI is InChI=1S/C16H21F2N3O/c17-16(18)10-14(19-11-16)15(22)20-12-6-8-21(9-7-12)13-4-2-1-3-5-13/h1-5,12,14,19H,6-11H2,(H,20,22). The Hall–Kier alpha value is -1.69. The summed E-state index contributed by atoms with van der Waals surface area (Å²) in [6, 6.07) is 9.46. The van der Waals surface area contributed by atoms with Crippen LogP contribution in [0.5, 0.6) is 0 Å². The van der Waals surface area contributed by atoms with E-state index in [9.17, 15) is 13.6 Å². The van der Waals surface area contributed by atoms with Gasteiger partial charge in [0.2, 0.25) is 5.91 Å². The summed E-state index contributed by atoms with van der Waals surface area (Å²) in [4.78, 5) is 14.3. The van der Waals surface area contributed by atoms with Gasteiger partial charge in [0.05, 0.1) is 12.6 Å². The molecule has 120 valence electrons. The number of halogens is 2. The molecule has 2 fully saturated rings. The van der Waals surface area contributed by atoms with Crippen LogP contribution in [0, 0.1) is 0 Å². The van der Waals surface area contributed by atoms with E-state index in [1.807, 2.05) is 18.2 Å². The largest absolute Gasteiger partial charge is 0.371 e. The molecule has 0 saturated carbocycles. The zero-order valence-corrected chi connectivity index (χ0v) is 12.4. The van der Waals surface area contributed by atoms with Crippen LogP contribution in [0.15, 0.2) is 30.3 Å². The van der Waals surface area contributed by atoms with Crippen molar-refractivity contribution in [3.05, 3.63) is 30.3 Å². The minimum absolute atomic E-state index is 0.0727. The lowest BCUT2D eigenvalue weighted by atomic mass is 10.0. The molecule has 0 bridgehead atoms. The van der Waals surface area contributed by atoms with Crippen LogP contribution in [-0.4, -0.2) is 43.5 Å². The minimum atomic E-state index is -2.77. The SMILES string of the molecule is O=C(NC1CCN(c2ccccc2)CC1)C1CC(F)(F)CN1. The number of nitrogens with zero attached hydrogens (tertiary/aromatic N) is 1. The molecule has 1 unspecified atom stereocenters. The lowest BCUT2D eigenvalue weighted by Gasteiger charge is -2.34. The lowest BCUT2D eigenvalue weighted by Crippen LogP contribution is -2.49. The Balaban J connectivity index is 1.47. The average molecular weight is 309 g/mol. The Bertz CT molecular complexity index is 515. The number of hydrogen-bond donors (Lipinski definition) is 2. The second-order valence-corrected chi connectivity index (χ2v) is 6.10. The number of piperidine rings is 1. The summed E-state index contributed by atoms with van der Waals surface area (Å²) < 4.78 is 26.2. The molecule has 0 radical (unpaired) electrons. The summed E-state index contributed by atoms with van der Waals surface area (Å²) in [5, 5.41) is 5.51. The van der Waals surface area contributed by atoms with Crippen molar-refractivity contribution in [1.29, 1.82) is 0 Å². The van der Waals surface area contributed by atoms with Gasteiger partial charge in [-0.15, -0.1) is 0 Å². The van der Waals surface area contributed by atoms with E-state index in [0.717, 1.165) is 25.9 Å². The van der Waals surface area contributed by atoms with Crippen LogP contribution in [0.2, 0.25) is 0 Å².